The van der Waals surface area contributed by atoms with Crippen LogP contribution in [-0.2, 0) is 6.42 Å². The minimum Gasteiger partial charge on any atom is -0.328 e. The average Bonchev–Trinajstić information content (AvgIpc) is 3.19. The summed E-state index contributed by atoms with van der Waals surface area (Å²) in [6.07, 6.45) is 9.52. The lowest BCUT2D eigenvalue weighted by Crippen LogP contribution is -2.33. The molecule has 0 aliphatic rings. The Morgan fingerprint density at radius 3 is 2.71 bits per heavy atom. The molecule has 146 valence electrons. The van der Waals surface area contributed by atoms with Gasteiger partial charge in [0.1, 0.15) is 6.33 Å². The number of nitrogens with one attached hydrogen (secondary N) is 2. The van der Waals surface area contributed by atoms with Crippen molar-refractivity contribution in [2.75, 3.05) is 5.32 Å². The molecule has 0 saturated carbocycles. The maximum absolute atomic E-state index is 12.4. The van der Waals surface area contributed by atoms with Crippen LogP contribution in [-0.4, -0.2) is 35.7 Å². The predicted molar refractivity (Wildman–Crippen MR) is 105 cm³/mol. The summed E-state index contributed by atoms with van der Waals surface area (Å²) in [5.74, 6) is 0.929. The summed E-state index contributed by atoms with van der Waals surface area (Å²) >= 11 is 0. The molecule has 3 rings (SSSR count). The largest absolute Gasteiger partial charge is 0.328 e. The second-order valence-electron chi connectivity index (χ2n) is 6.49. The summed E-state index contributed by atoms with van der Waals surface area (Å²) in [6, 6.07) is 2.99. The highest BCUT2D eigenvalue weighted by atomic mass is 16.2. The average molecular weight is 380 g/mol. The number of anilines is 1. The van der Waals surface area contributed by atoms with Gasteiger partial charge in [-0.3, -0.25) is 4.98 Å². The number of amides is 2. The number of carbonyl (C=O) groups excluding carboxylic acids is 1. The fourth-order valence-corrected chi connectivity index (χ4v) is 2.76. The third kappa shape index (κ3) is 4.67. The van der Waals surface area contributed by atoms with Crippen molar-refractivity contribution in [3.63, 3.8) is 0 Å². The van der Waals surface area contributed by atoms with Gasteiger partial charge in [-0.2, -0.15) is 9.78 Å². The molecule has 1 unspecified atom stereocenters. The summed E-state index contributed by atoms with van der Waals surface area (Å²) in [6.45, 7) is 5.93. The van der Waals surface area contributed by atoms with Gasteiger partial charge < -0.3 is 10.6 Å². The van der Waals surface area contributed by atoms with E-state index in [1.54, 1.807) is 24.7 Å². The Kier molecular flexibility index (Phi) is 6.25. The van der Waals surface area contributed by atoms with Crippen LogP contribution >= 0.6 is 0 Å². The van der Waals surface area contributed by atoms with E-state index in [1.807, 2.05) is 19.9 Å². The molecule has 0 saturated heterocycles. The zero-order valence-electron chi connectivity index (χ0n) is 16.3. The fourth-order valence-electron chi connectivity index (χ4n) is 2.76. The Morgan fingerprint density at radius 1 is 1.21 bits per heavy atom. The second kappa shape index (κ2) is 9.03. The molecule has 0 aromatic carbocycles. The molecule has 0 fully saturated rings. The number of aromatic nitrogens is 6. The van der Waals surface area contributed by atoms with Crippen molar-refractivity contribution in [3.05, 3.63) is 54.1 Å². The van der Waals surface area contributed by atoms with Gasteiger partial charge in [0.15, 0.2) is 5.82 Å². The van der Waals surface area contributed by atoms with Gasteiger partial charge in [-0.1, -0.05) is 13.3 Å². The lowest BCUT2D eigenvalue weighted by molar-refractivity contribution is 0.248. The van der Waals surface area contributed by atoms with Crippen LogP contribution in [0.5, 0.6) is 0 Å². The Labute approximate surface area is 163 Å². The monoisotopic (exact) mass is 380 g/mol. The molecule has 9 heteroatoms. The van der Waals surface area contributed by atoms with Crippen molar-refractivity contribution >= 4 is 11.7 Å². The van der Waals surface area contributed by atoms with E-state index in [4.69, 9.17) is 0 Å². The predicted octanol–water partition coefficient (Wildman–Crippen LogP) is 2.99. The highest BCUT2D eigenvalue weighted by Crippen LogP contribution is 2.16. The van der Waals surface area contributed by atoms with Gasteiger partial charge in [0, 0.05) is 18.1 Å². The number of carbonyl (C=O) groups is 1. The molecule has 9 nitrogen and oxygen atoms in total. The third-order valence-electron chi connectivity index (χ3n) is 4.25. The van der Waals surface area contributed by atoms with E-state index >= 15 is 0 Å². The van der Waals surface area contributed by atoms with Crippen LogP contribution in [0, 0.1) is 6.92 Å². The van der Waals surface area contributed by atoms with Crippen LogP contribution in [0.25, 0.3) is 5.95 Å². The van der Waals surface area contributed by atoms with Crippen LogP contribution in [0.2, 0.25) is 0 Å². The molecule has 3 aromatic rings. The molecule has 28 heavy (non-hydrogen) atoms. The molecular formula is C19H24N8O. The van der Waals surface area contributed by atoms with Crippen molar-refractivity contribution in [3.8, 4) is 5.95 Å². The second-order valence-corrected chi connectivity index (χ2v) is 6.49. The highest BCUT2D eigenvalue weighted by Gasteiger charge is 2.18. The number of urea groups is 1. The third-order valence-corrected chi connectivity index (χ3v) is 4.25. The lowest BCUT2D eigenvalue weighted by atomic mass is 10.1. The first-order valence-electron chi connectivity index (χ1n) is 9.28. The van der Waals surface area contributed by atoms with Crippen LogP contribution in [0.3, 0.4) is 0 Å². The van der Waals surface area contributed by atoms with Gasteiger partial charge in [-0.25, -0.2) is 19.7 Å². The summed E-state index contributed by atoms with van der Waals surface area (Å²) in [5.41, 5.74) is 2.69. The number of pyridine rings is 1. The fraction of sp³-hybridized carbons (Fsp3) is 0.368. The zero-order chi connectivity index (χ0) is 19.9. The molecule has 1 atom stereocenters. The molecule has 3 aromatic heterocycles. The lowest BCUT2D eigenvalue weighted by Gasteiger charge is -2.15. The van der Waals surface area contributed by atoms with E-state index in [2.05, 4.69) is 42.6 Å². The van der Waals surface area contributed by atoms with Crippen LogP contribution in [0.15, 0.2) is 37.1 Å². The number of nitrogens with zero attached hydrogens (tertiary/aromatic N) is 6. The van der Waals surface area contributed by atoms with Gasteiger partial charge >= 0.3 is 6.03 Å². The molecule has 3 heterocycles. The number of aryl methyl sites for hydroxylation is 2. The number of unbranched alkanes of at least 4 members (excludes halogenated alkanes) is 1. The standard InChI is InChI=1S/C19H24N8O/c1-4-5-7-15-10-13(2)16(11-22-15)26-19(28)25-14(3)17-23-12-24-27(17)18-20-8-6-9-21-18/h6,8-12,14H,4-5,7H2,1-3H3,(H2,25,26,28). The number of hydrogen-bond donors (Lipinski definition) is 2. The van der Waals surface area contributed by atoms with Gasteiger partial charge in [0.05, 0.1) is 17.9 Å². The summed E-state index contributed by atoms with van der Waals surface area (Å²) in [4.78, 5) is 29.4. The SMILES string of the molecule is CCCCc1cc(C)c(NC(=O)NC(C)c2ncnn2-c2ncccn2)cn1. The van der Waals surface area contributed by atoms with Crippen LogP contribution in [0.1, 0.15) is 49.8 Å². The van der Waals surface area contributed by atoms with Crippen molar-refractivity contribution < 1.29 is 4.79 Å². The molecule has 0 radical (unpaired) electrons. The first-order chi connectivity index (χ1) is 13.6. The van der Waals surface area contributed by atoms with E-state index in [-0.39, 0.29) is 6.03 Å². The van der Waals surface area contributed by atoms with E-state index in [0.29, 0.717) is 17.5 Å². The topological polar surface area (TPSA) is 111 Å². The van der Waals surface area contributed by atoms with Gasteiger partial charge in [0.25, 0.3) is 5.95 Å². The van der Waals surface area contributed by atoms with E-state index in [9.17, 15) is 4.79 Å². The molecule has 2 amide bonds. The van der Waals surface area contributed by atoms with Gasteiger partial charge in [-0.15, -0.1) is 0 Å². The molecule has 0 bridgehead atoms. The van der Waals surface area contributed by atoms with E-state index in [0.717, 1.165) is 30.5 Å². The normalized spacial score (nSPS) is 11.8. The Morgan fingerprint density at radius 2 is 2.00 bits per heavy atom. The zero-order valence-corrected chi connectivity index (χ0v) is 16.3. The molecule has 0 aliphatic carbocycles. The molecular weight excluding hydrogens is 356 g/mol. The number of rotatable bonds is 7. The summed E-state index contributed by atoms with van der Waals surface area (Å²) in [5, 5.41) is 9.85. The van der Waals surface area contributed by atoms with Crippen molar-refractivity contribution in [1.29, 1.82) is 0 Å². The Hall–Kier alpha value is -3.36. The van der Waals surface area contributed by atoms with Crippen molar-refractivity contribution in [2.45, 2.75) is 46.1 Å². The molecule has 0 aliphatic heterocycles. The van der Waals surface area contributed by atoms with Crippen molar-refractivity contribution in [2.24, 2.45) is 0 Å². The summed E-state index contributed by atoms with van der Waals surface area (Å²) < 4.78 is 1.50. The molecule has 0 spiro atoms. The quantitative estimate of drug-likeness (QED) is 0.652. The number of hydrogen-bond acceptors (Lipinski definition) is 6. The van der Waals surface area contributed by atoms with E-state index in [1.165, 1.54) is 11.0 Å². The Bertz CT molecular complexity index is 925. The highest BCUT2D eigenvalue weighted by molar-refractivity contribution is 5.90. The van der Waals surface area contributed by atoms with Crippen molar-refractivity contribution in [1.82, 2.24) is 35.0 Å². The minimum atomic E-state index is -0.400. The molecule has 2 N–H and O–H groups in total. The maximum atomic E-state index is 12.4. The van der Waals surface area contributed by atoms with Crippen LogP contribution in [0.4, 0.5) is 10.5 Å². The first kappa shape index (κ1) is 19.4. The smallest absolute Gasteiger partial charge is 0.319 e. The van der Waals surface area contributed by atoms with Gasteiger partial charge in [-0.05, 0) is 44.4 Å². The first-order valence-corrected chi connectivity index (χ1v) is 9.28. The minimum absolute atomic E-state index is 0.345. The summed E-state index contributed by atoms with van der Waals surface area (Å²) in [7, 11) is 0. The Balaban J connectivity index is 1.65. The van der Waals surface area contributed by atoms with E-state index < -0.39 is 6.04 Å². The van der Waals surface area contributed by atoms with Gasteiger partial charge in [0.2, 0.25) is 0 Å². The van der Waals surface area contributed by atoms with Crippen LogP contribution < -0.4 is 10.6 Å². The maximum Gasteiger partial charge on any atom is 0.319 e.